The first-order chi connectivity index (χ1) is 10.0. The molecule has 1 saturated heterocycles. The highest BCUT2D eigenvalue weighted by Crippen LogP contribution is 2.18. The Morgan fingerprint density at radius 1 is 1.33 bits per heavy atom. The number of nitrogens with one attached hydrogen (secondary N) is 1. The summed E-state index contributed by atoms with van der Waals surface area (Å²) in [6.45, 7) is 0.364. The number of primary amides is 1. The highest BCUT2D eigenvalue weighted by molar-refractivity contribution is 5.99. The Labute approximate surface area is 121 Å². The van der Waals surface area contributed by atoms with Crippen LogP contribution in [0.3, 0.4) is 0 Å². The molecule has 0 aliphatic carbocycles. The molecule has 7 nitrogen and oxygen atoms in total. The van der Waals surface area contributed by atoms with Gasteiger partial charge in [-0.05, 0) is 25.0 Å². The molecule has 7 heteroatoms. The van der Waals surface area contributed by atoms with Gasteiger partial charge in [-0.2, -0.15) is 0 Å². The second-order valence-electron chi connectivity index (χ2n) is 4.85. The molecule has 21 heavy (non-hydrogen) atoms. The van der Waals surface area contributed by atoms with E-state index >= 15 is 0 Å². The average Bonchev–Trinajstić information content (AvgIpc) is 2.94. The number of hydrogen-bond donors (Lipinski definition) is 3. The number of rotatable bonds is 5. The van der Waals surface area contributed by atoms with Gasteiger partial charge in [0.15, 0.2) is 0 Å². The van der Waals surface area contributed by atoms with Crippen molar-refractivity contribution >= 4 is 23.5 Å². The van der Waals surface area contributed by atoms with E-state index in [-0.39, 0.29) is 12.5 Å². The molecular weight excluding hydrogens is 274 g/mol. The summed E-state index contributed by atoms with van der Waals surface area (Å²) in [5.41, 5.74) is 6.01. The summed E-state index contributed by atoms with van der Waals surface area (Å²) in [4.78, 5) is 35.8. The van der Waals surface area contributed by atoms with Crippen molar-refractivity contribution in [2.45, 2.75) is 18.9 Å². The second-order valence-corrected chi connectivity index (χ2v) is 4.85. The summed E-state index contributed by atoms with van der Waals surface area (Å²) in [6.07, 6.45) is 1.15. The standard InChI is InChI=1S/C14H17N3O4/c15-13(19)9-4-1-2-5-10(9)16-8-12(18)17-7-3-6-11(17)14(20)21/h1-2,4-5,11,16H,3,6-8H2,(H2,15,19)(H,20,21)/t11-/m0/s1. The Balaban J connectivity index is 2.02. The molecule has 0 saturated carbocycles. The van der Waals surface area contributed by atoms with Crippen molar-refractivity contribution in [2.75, 3.05) is 18.4 Å². The number of carboxylic acid groups (broad SMARTS) is 1. The zero-order valence-corrected chi connectivity index (χ0v) is 11.4. The van der Waals surface area contributed by atoms with Crippen molar-refractivity contribution in [3.05, 3.63) is 29.8 Å². The van der Waals surface area contributed by atoms with Gasteiger partial charge in [-0.25, -0.2) is 4.79 Å². The highest BCUT2D eigenvalue weighted by atomic mass is 16.4. The Kier molecular flexibility index (Phi) is 4.42. The number of aliphatic carboxylic acids is 1. The number of nitrogens with two attached hydrogens (primary N) is 1. The van der Waals surface area contributed by atoms with E-state index in [1.165, 1.54) is 4.90 Å². The lowest BCUT2D eigenvalue weighted by molar-refractivity contribution is -0.147. The monoisotopic (exact) mass is 291 g/mol. The zero-order valence-electron chi connectivity index (χ0n) is 11.4. The maximum Gasteiger partial charge on any atom is 0.326 e. The number of likely N-dealkylation sites (tertiary alicyclic amines) is 1. The number of anilines is 1. The van der Waals surface area contributed by atoms with Gasteiger partial charge in [-0.1, -0.05) is 12.1 Å². The minimum atomic E-state index is -0.988. The third kappa shape index (κ3) is 3.31. The van der Waals surface area contributed by atoms with Gasteiger partial charge in [0.05, 0.1) is 12.1 Å². The fourth-order valence-electron chi connectivity index (χ4n) is 2.45. The normalized spacial score (nSPS) is 17.5. The molecule has 112 valence electrons. The molecule has 1 heterocycles. The Morgan fingerprint density at radius 3 is 2.71 bits per heavy atom. The number of para-hydroxylation sites is 1. The molecule has 0 bridgehead atoms. The minimum absolute atomic E-state index is 0.0753. The molecule has 1 fully saturated rings. The lowest BCUT2D eigenvalue weighted by Crippen LogP contribution is -2.43. The van der Waals surface area contributed by atoms with E-state index in [0.29, 0.717) is 30.6 Å². The predicted octanol–water partition coefficient (Wildman–Crippen LogP) is 0.273. The number of carbonyl (C=O) groups is 3. The van der Waals surface area contributed by atoms with Gasteiger partial charge < -0.3 is 21.1 Å². The lowest BCUT2D eigenvalue weighted by Gasteiger charge is -2.22. The van der Waals surface area contributed by atoms with Crippen LogP contribution in [0.2, 0.25) is 0 Å². The molecule has 1 atom stereocenters. The van der Waals surface area contributed by atoms with Crippen LogP contribution in [-0.2, 0) is 9.59 Å². The van der Waals surface area contributed by atoms with Crippen LogP contribution < -0.4 is 11.1 Å². The first-order valence-electron chi connectivity index (χ1n) is 6.65. The van der Waals surface area contributed by atoms with Crippen LogP contribution in [0.1, 0.15) is 23.2 Å². The largest absolute Gasteiger partial charge is 0.480 e. The molecular formula is C14H17N3O4. The van der Waals surface area contributed by atoms with Crippen LogP contribution in [0.15, 0.2) is 24.3 Å². The molecule has 0 unspecified atom stereocenters. The fourth-order valence-corrected chi connectivity index (χ4v) is 2.45. The average molecular weight is 291 g/mol. The van der Waals surface area contributed by atoms with Gasteiger partial charge in [0, 0.05) is 12.2 Å². The molecule has 0 radical (unpaired) electrons. The van der Waals surface area contributed by atoms with E-state index in [1.54, 1.807) is 24.3 Å². The number of nitrogens with zero attached hydrogens (tertiary/aromatic N) is 1. The van der Waals surface area contributed by atoms with Gasteiger partial charge in [-0.3, -0.25) is 9.59 Å². The van der Waals surface area contributed by atoms with E-state index < -0.39 is 17.9 Å². The summed E-state index contributed by atoms with van der Waals surface area (Å²) in [5, 5.41) is 11.9. The number of benzene rings is 1. The van der Waals surface area contributed by atoms with Crippen LogP contribution in [0.25, 0.3) is 0 Å². The van der Waals surface area contributed by atoms with Crippen LogP contribution >= 0.6 is 0 Å². The molecule has 1 aliphatic heterocycles. The molecule has 1 aromatic carbocycles. The molecule has 0 aromatic heterocycles. The highest BCUT2D eigenvalue weighted by Gasteiger charge is 2.33. The minimum Gasteiger partial charge on any atom is -0.480 e. The third-order valence-corrected chi connectivity index (χ3v) is 3.48. The van der Waals surface area contributed by atoms with Crippen molar-refractivity contribution in [1.29, 1.82) is 0 Å². The lowest BCUT2D eigenvalue weighted by atomic mass is 10.1. The zero-order chi connectivity index (χ0) is 15.4. The molecule has 2 rings (SSSR count). The number of carboxylic acids is 1. The van der Waals surface area contributed by atoms with Gasteiger partial charge in [0.2, 0.25) is 5.91 Å². The topological polar surface area (TPSA) is 113 Å². The van der Waals surface area contributed by atoms with E-state index in [9.17, 15) is 14.4 Å². The SMILES string of the molecule is NC(=O)c1ccccc1NCC(=O)N1CCC[C@H]1C(=O)O. The van der Waals surface area contributed by atoms with Crippen molar-refractivity contribution in [2.24, 2.45) is 5.73 Å². The van der Waals surface area contributed by atoms with Crippen molar-refractivity contribution in [3.8, 4) is 0 Å². The van der Waals surface area contributed by atoms with Crippen LogP contribution in [0, 0.1) is 0 Å². The fraction of sp³-hybridized carbons (Fsp3) is 0.357. The van der Waals surface area contributed by atoms with Gasteiger partial charge in [0.25, 0.3) is 5.91 Å². The molecule has 4 N–H and O–H groups in total. The van der Waals surface area contributed by atoms with E-state index in [0.717, 1.165) is 0 Å². The van der Waals surface area contributed by atoms with E-state index in [2.05, 4.69) is 5.32 Å². The van der Waals surface area contributed by atoms with Crippen molar-refractivity contribution in [3.63, 3.8) is 0 Å². The Morgan fingerprint density at radius 2 is 2.05 bits per heavy atom. The van der Waals surface area contributed by atoms with Crippen molar-refractivity contribution < 1.29 is 19.5 Å². The summed E-state index contributed by atoms with van der Waals surface area (Å²) in [7, 11) is 0. The quantitative estimate of drug-likeness (QED) is 0.721. The van der Waals surface area contributed by atoms with Gasteiger partial charge in [0.1, 0.15) is 6.04 Å². The Hall–Kier alpha value is -2.57. The van der Waals surface area contributed by atoms with E-state index in [1.807, 2.05) is 0 Å². The first-order valence-corrected chi connectivity index (χ1v) is 6.65. The first kappa shape index (κ1) is 14.8. The molecule has 1 aliphatic rings. The van der Waals surface area contributed by atoms with Crippen LogP contribution in [0.4, 0.5) is 5.69 Å². The number of amides is 2. The summed E-state index contributed by atoms with van der Waals surface area (Å²) in [5.74, 6) is -1.88. The molecule has 1 aromatic rings. The summed E-state index contributed by atoms with van der Waals surface area (Å²) in [6, 6.07) is 5.84. The van der Waals surface area contributed by atoms with Crippen LogP contribution in [-0.4, -0.2) is 46.9 Å². The summed E-state index contributed by atoms with van der Waals surface area (Å²) < 4.78 is 0. The van der Waals surface area contributed by atoms with Gasteiger partial charge >= 0.3 is 5.97 Å². The van der Waals surface area contributed by atoms with E-state index in [4.69, 9.17) is 10.8 Å². The number of carbonyl (C=O) groups excluding carboxylic acids is 2. The summed E-state index contributed by atoms with van der Waals surface area (Å²) >= 11 is 0. The number of hydrogen-bond acceptors (Lipinski definition) is 4. The van der Waals surface area contributed by atoms with Gasteiger partial charge in [-0.15, -0.1) is 0 Å². The molecule has 0 spiro atoms. The molecule has 2 amide bonds. The predicted molar refractivity (Wildman–Crippen MR) is 75.8 cm³/mol. The third-order valence-electron chi connectivity index (χ3n) is 3.48. The maximum atomic E-state index is 12.1. The second kappa shape index (κ2) is 6.25. The Bertz CT molecular complexity index is 573. The van der Waals surface area contributed by atoms with Crippen molar-refractivity contribution in [1.82, 2.24) is 4.90 Å². The maximum absolute atomic E-state index is 12.1. The van der Waals surface area contributed by atoms with Crippen LogP contribution in [0.5, 0.6) is 0 Å². The smallest absolute Gasteiger partial charge is 0.326 e.